The SMILES string of the molecule is CCCc1cc(C(=O)N2CCCC2c2nc(N(C)C)ncc2-c2ccncc2)no1. The highest BCUT2D eigenvalue weighted by Crippen LogP contribution is 2.37. The Balaban J connectivity index is 1.72. The van der Waals surface area contributed by atoms with Crippen LogP contribution in [0.2, 0.25) is 0 Å². The van der Waals surface area contributed by atoms with Gasteiger partial charge in [0.2, 0.25) is 5.95 Å². The van der Waals surface area contributed by atoms with E-state index < -0.39 is 0 Å². The van der Waals surface area contributed by atoms with E-state index in [2.05, 4.69) is 22.0 Å². The van der Waals surface area contributed by atoms with Gasteiger partial charge in [-0.1, -0.05) is 12.1 Å². The Morgan fingerprint density at radius 2 is 2.10 bits per heavy atom. The summed E-state index contributed by atoms with van der Waals surface area (Å²) in [6.45, 7) is 2.73. The van der Waals surface area contributed by atoms with Crippen molar-refractivity contribution in [1.82, 2.24) is 25.0 Å². The van der Waals surface area contributed by atoms with Crippen molar-refractivity contribution in [1.29, 1.82) is 0 Å². The minimum atomic E-state index is -0.145. The monoisotopic (exact) mass is 406 g/mol. The molecule has 1 fully saturated rings. The third-order valence-electron chi connectivity index (χ3n) is 5.30. The van der Waals surface area contributed by atoms with E-state index in [0.717, 1.165) is 48.3 Å². The summed E-state index contributed by atoms with van der Waals surface area (Å²) in [5.41, 5.74) is 3.11. The summed E-state index contributed by atoms with van der Waals surface area (Å²) in [4.78, 5) is 30.4. The van der Waals surface area contributed by atoms with Gasteiger partial charge >= 0.3 is 0 Å². The van der Waals surface area contributed by atoms with E-state index in [1.54, 1.807) is 18.5 Å². The summed E-state index contributed by atoms with van der Waals surface area (Å²) in [5, 5.41) is 4.02. The van der Waals surface area contributed by atoms with Gasteiger partial charge in [0.1, 0.15) is 5.76 Å². The highest BCUT2D eigenvalue weighted by molar-refractivity contribution is 5.93. The van der Waals surface area contributed by atoms with Crippen molar-refractivity contribution in [2.24, 2.45) is 0 Å². The lowest BCUT2D eigenvalue weighted by Crippen LogP contribution is -2.32. The van der Waals surface area contributed by atoms with Crippen LogP contribution >= 0.6 is 0 Å². The molecule has 0 aliphatic carbocycles. The number of carbonyl (C=O) groups excluding carboxylic acids is 1. The van der Waals surface area contributed by atoms with Crippen molar-refractivity contribution in [3.63, 3.8) is 0 Å². The van der Waals surface area contributed by atoms with E-state index in [-0.39, 0.29) is 11.9 Å². The molecule has 1 unspecified atom stereocenters. The van der Waals surface area contributed by atoms with Gasteiger partial charge in [0.25, 0.3) is 5.91 Å². The zero-order valence-corrected chi connectivity index (χ0v) is 17.6. The summed E-state index contributed by atoms with van der Waals surface area (Å²) in [6.07, 6.45) is 8.80. The number of amides is 1. The smallest absolute Gasteiger partial charge is 0.276 e. The molecule has 0 spiro atoms. The number of hydrogen-bond acceptors (Lipinski definition) is 7. The maximum Gasteiger partial charge on any atom is 0.276 e. The maximum absolute atomic E-state index is 13.3. The Bertz CT molecular complexity index is 1020. The average molecular weight is 406 g/mol. The summed E-state index contributed by atoms with van der Waals surface area (Å²) >= 11 is 0. The largest absolute Gasteiger partial charge is 0.361 e. The van der Waals surface area contributed by atoms with Crippen LogP contribution in [0.3, 0.4) is 0 Å². The van der Waals surface area contributed by atoms with Gasteiger partial charge in [-0.05, 0) is 37.0 Å². The highest BCUT2D eigenvalue weighted by atomic mass is 16.5. The molecule has 1 aliphatic heterocycles. The van der Waals surface area contributed by atoms with Gasteiger partial charge in [0.15, 0.2) is 5.69 Å². The predicted octanol–water partition coefficient (Wildman–Crippen LogP) is 3.52. The second kappa shape index (κ2) is 8.61. The van der Waals surface area contributed by atoms with E-state index in [9.17, 15) is 4.79 Å². The van der Waals surface area contributed by atoms with Crippen LogP contribution in [-0.2, 0) is 6.42 Å². The normalized spacial score (nSPS) is 16.1. The van der Waals surface area contributed by atoms with Crippen molar-refractivity contribution < 1.29 is 9.32 Å². The lowest BCUT2D eigenvalue weighted by molar-refractivity contribution is 0.0722. The molecule has 3 aromatic heterocycles. The Morgan fingerprint density at radius 3 is 2.83 bits per heavy atom. The van der Waals surface area contributed by atoms with Crippen LogP contribution in [0, 0.1) is 0 Å². The Labute approximate surface area is 175 Å². The molecular weight excluding hydrogens is 380 g/mol. The Hall–Kier alpha value is -3.29. The van der Waals surface area contributed by atoms with Gasteiger partial charge in [-0.3, -0.25) is 9.78 Å². The number of pyridine rings is 1. The molecule has 0 saturated carbocycles. The molecule has 0 aromatic carbocycles. The number of carbonyl (C=O) groups is 1. The van der Waals surface area contributed by atoms with E-state index in [4.69, 9.17) is 9.51 Å². The summed E-state index contributed by atoms with van der Waals surface area (Å²) in [5.74, 6) is 1.24. The fourth-order valence-electron chi connectivity index (χ4n) is 3.83. The Kier molecular flexibility index (Phi) is 5.74. The first kappa shape index (κ1) is 20.0. The molecule has 30 heavy (non-hydrogen) atoms. The number of aryl methyl sites for hydroxylation is 1. The molecule has 4 heterocycles. The second-order valence-electron chi connectivity index (χ2n) is 7.68. The van der Waals surface area contributed by atoms with Gasteiger partial charge in [-0.15, -0.1) is 0 Å². The fourth-order valence-corrected chi connectivity index (χ4v) is 3.83. The van der Waals surface area contributed by atoms with Crippen molar-refractivity contribution in [3.8, 4) is 11.1 Å². The molecule has 1 amide bonds. The molecule has 0 N–H and O–H groups in total. The number of likely N-dealkylation sites (tertiary alicyclic amines) is 1. The highest BCUT2D eigenvalue weighted by Gasteiger charge is 2.35. The minimum Gasteiger partial charge on any atom is -0.361 e. The van der Waals surface area contributed by atoms with Gasteiger partial charge in [0, 0.05) is 57.3 Å². The maximum atomic E-state index is 13.3. The quantitative estimate of drug-likeness (QED) is 0.619. The molecule has 4 rings (SSSR count). The number of anilines is 1. The molecule has 0 bridgehead atoms. The summed E-state index contributed by atoms with van der Waals surface area (Å²) < 4.78 is 5.33. The third-order valence-corrected chi connectivity index (χ3v) is 5.30. The molecule has 3 aromatic rings. The molecule has 0 radical (unpaired) electrons. The van der Waals surface area contributed by atoms with Crippen molar-refractivity contribution in [3.05, 3.63) is 53.9 Å². The lowest BCUT2D eigenvalue weighted by Gasteiger charge is -2.26. The standard InChI is InChI=1S/C22H26N6O2/c1-4-6-16-13-18(26-30-16)21(29)28-12-5-7-19(28)20-17(15-8-10-23-11-9-15)14-24-22(25-20)27(2)3/h8-11,13-14,19H,4-7,12H2,1-3H3. The van der Waals surface area contributed by atoms with Gasteiger partial charge in [-0.25, -0.2) is 9.97 Å². The second-order valence-corrected chi connectivity index (χ2v) is 7.68. The average Bonchev–Trinajstić information content (AvgIpc) is 3.43. The van der Waals surface area contributed by atoms with E-state index >= 15 is 0 Å². The molecule has 1 saturated heterocycles. The number of nitrogens with zero attached hydrogens (tertiary/aromatic N) is 6. The topological polar surface area (TPSA) is 88.3 Å². The lowest BCUT2D eigenvalue weighted by atomic mass is 10.0. The molecule has 156 valence electrons. The van der Waals surface area contributed by atoms with Gasteiger partial charge in [-0.2, -0.15) is 0 Å². The number of hydrogen-bond donors (Lipinski definition) is 0. The first-order valence-corrected chi connectivity index (χ1v) is 10.3. The van der Waals surface area contributed by atoms with Crippen molar-refractivity contribution in [2.75, 3.05) is 25.5 Å². The van der Waals surface area contributed by atoms with Crippen LogP contribution in [0.5, 0.6) is 0 Å². The summed E-state index contributed by atoms with van der Waals surface area (Å²) in [6, 6.07) is 5.49. The molecular formula is C22H26N6O2. The summed E-state index contributed by atoms with van der Waals surface area (Å²) in [7, 11) is 3.82. The van der Waals surface area contributed by atoms with Gasteiger partial charge < -0.3 is 14.3 Å². The molecule has 1 atom stereocenters. The van der Waals surface area contributed by atoms with Crippen molar-refractivity contribution >= 4 is 11.9 Å². The molecule has 8 heteroatoms. The molecule has 1 aliphatic rings. The van der Waals surface area contributed by atoms with Gasteiger partial charge in [0.05, 0.1) is 11.7 Å². The van der Waals surface area contributed by atoms with Crippen LogP contribution < -0.4 is 4.90 Å². The molecule has 8 nitrogen and oxygen atoms in total. The van der Waals surface area contributed by atoms with Crippen LogP contribution in [0.15, 0.2) is 41.3 Å². The first-order valence-electron chi connectivity index (χ1n) is 10.3. The number of rotatable bonds is 6. The predicted molar refractivity (Wildman–Crippen MR) is 113 cm³/mol. The van der Waals surface area contributed by atoms with Crippen LogP contribution in [0.1, 0.15) is 54.2 Å². The van der Waals surface area contributed by atoms with E-state index in [1.165, 1.54) is 0 Å². The number of aromatic nitrogens is 4. The first-order chi connectivity index (χ1) is 14.6. The van der Waals surface area contributed by atoms with Crippen LogP contribution in [0.4, 0.5) is 5.95 Å². The van der Waals surface area contributed by atoms with E-state index in [1.807, 2.05) is 42.2 Å². The zero-order chi connectivity index (χ0) is 21.1. The Morgan fingerprint density at radius 1 is 1.30 bits per heavy atom. The van der Waals surface area contributed by atoms with E-state index in [0.29, 0.717) is 18.2 Å². The van der Waals surface area contributed by atoms with Crippen LogP contribution in [-0.4, -0.2) is 51.6 Å². The minimum absolute atomic E-state index is 0.116. The van der Waals surface area contributed by atoms with Crippen molar-refractivity contribution in [2.45, 2.75) is 38.6 Å². The van der Waals surface area contributed by atoms with Crippen LogP contribution in [0.25, 0.3) is 11.1 Å². The fraction of sp³-hybridized carbons (Fsp3) is 0.409. The third kappa shape index (κ3) is 3.90. The zero-order valence-electron chi connectivity index (χ0n) is 17.6.